The molecule has 0 bridgehead atoms. The highest BCUT2D eigenvalue weighted by atomic mass is 16.4. The van der Waals surface area contributed by atoms with Crippen LogP contribution in [0.25, 0.3) is 60.4 Å². The maximum atomic E-state index is 12.4. The highest BCUT2D eigenvalue weighted by Gasteiger charge is 2.18. The van der Waals surface area contributed by atoms with Crippen molar-refractivity contribution in [3.8, 4) is 6.07 Å². The molecule has 0 unspecified atom stereocenters. The maximum Gasteiger partial charge on any atom is 0.344 e. The highest BCUT2D eigenvalue weighted by molar-refractivity contribution is 6.36. The molecule has 0 atom stereocenters. The van der Waals surface area contributed by atoms with E-state index < -0.39 is 0 Å². The van der Waals surface area contributed by atoms with Crippen LogP contribution in [0.2, 0.25) is 0 Å². The van der Waals surface area contributed by atoms with Crippen molar-refractivity contribution >= 4 is 60.4 Å². The third-order valence-electron chi connectivity index (χ3n) is 5.64. The molecule has 0 aliphatic carbocycles. The van der Waals surface area contributed by atoms with Crippen LogP contribution in [0, 0.1) is 11.3 Å². The van der Waals surface area contributed by atoms with Gasteiger partial charge in [-0.05, 0) is 50.5 Å². The number of nitrogens with zero attached hydrogens (tertiary/aromatic N) is 1. The Morgan fingerprint density at radius 3 is 2.04 bits per heavy atom. The standard InChI is InChI=1S/C24H11NO2/c1-12-14-7-8-19-17-6-5-13(11-25)15-3-2-4-16(21(15)17)18-9-10-20(24(26)27-12)22(14)23(18)19/h2-10H,1H2. The van der Waals surface area contributed by atoms with E-state index in [4.69, 9.17) is 4.42 Å². The molecule has 27 heavy (non-hydrogen) atoms. The topological polar surface area (TPSA) is 54.0 Å². The van der Waals surface area contributed by atoms with Crippen LogP contribution in [0.1, 0.15) is 5.56 Å². The van der Waals surface area contributed by atoms with Gasteiger partial charge in [-0.2, -0.15) is 5.26 Å². The van der Waals surface area contributed by atoms with Gasteiger partial charge >= 0.3 is 5.63 Å². The summed E-state index contributed by atoms with van der Waals surface area (Å²) in [5, 5.41) is 19.2. The molecule has 6 aromatic rings. The number of fused-ring (bicyclic) bond motifs is 2. The van der Waals surface area contributed by atoms with Gasteiger partial charge in [0, 0.05) is 16.2 Å². The zero-order valence-electron chi connectivity index (χ0n) is 14.2. The van der Waals surface area contributed by atoms with Gasteiger partial charge in [0.1, 0.15) is 5.42 Å². The van der Waals surface area contributed by atoms with Crippen LogP contribution in [0.15, 0.2) is 63.8 Å². The molecule has 0 fully saturated rings. The molecular formula is C24H11NO2. The monoisotopic (exact) mass is 345 g/mol. The largest absolute Gasteiger partial charge is 0.423 e. The lowest BCUT2D eigenvalue weighted by Gasteiger charge is -2.16. The minimum absolute atomic E-state index is 0.361. The molecule has 0 saturated carbocycles. The second kappa shape index (κ2) is 4.63. The van der Waals surface area contributed by atoms with E-state index in [9.17, 15) is 10.1 Å². The molecule has 0 aliphatic heterocycles. The molecule has 0 aliphatic rings. The van der Waals surface area contributed by atoms with Crippen molar-refractivity contribution in [2.24, 2.45) is 0 Å². The summed E-state index contributed by atoms with van der Waals surface area (Å²) in [6.07, 6.45) is 0. The van der Waals surface area contributed by atoms with E-state index in [1.54, 1.807) is 0 Å². The Balaban J connectivity index is 2.08. The average molecular weight is 345 g/mol. The lowest BCUT2D eigenvalue weighted by molar-refractivity contribution is 0.494. The van der Waals surface area contributed by atoms with Gasteiger partial charge in [0.15, 0.2) is 0 Å². The van der Waals surface area contributed by atoms with Gasteiger partial charge in [0.25, 0.3) is 0 Å². The van der Waals surface area contributed by atoms with Crippen molar-refractivity contribution in [2.75, 3.05) is 0 Å². The summed E-state index contributed by atoms with van der Waals surface area (Å²) >= 11 is 0. The Hall–Kier alpha value is -3.90. The summed E-state index contributed by atoms with van der Waals surface area (Å²) < 4.78 is 5.32. The first kappa shape index (κ1) is 14.3. The van der Waals surface area contributed by atoms with Crippen LogP contribution in [0.3, 0.4) is 0 Å². The number of rotatable bonds is 0. The predicted octanol–water partition coefficient (Wildman–Crippen LogP) is 4.84. The van der Waals surface area contributed by atoms with E-state index >= 15 is 0 Å². The van der Waals surface area contributed by atoms with Crippen molar-refractivity contribution < 1.29 is 4.42 Å². The number of hydrogen-bond donors (Lipinski definition) is 0. The first-order valence-corrected chi connectivity index (χ1v) is 8.67. The van der Waals surface area contributed by atoms with Crippen LogP contribution in [-0.2, 0) is 0 Å². The zero-order valence-corrected chi connectivity index (χ0v) is 14.2. The van der Waals surface area contributed by atoms with Gasteiger partial charge in [-0.3, -0.25) is 0 Å². The van der Waals surface area contributed by atoms with Crippen LogP contribution >= 0.6 is 0 Å². The van der Waals surface area contributed by atoms with Crippen LogP contribution in [0.5, 0.6) is 0 Å². The Morgan fingerprint density at radius 2 is 1.26 bits per heavy atom. The maximum absolute atomic E-state index is 12.4. The number of benzene rings is 5. The first-order chi connectivity index (χ1) is 13.2. The molecule has 3 heteroatoms. The van der Waals surface area contributed by atoms with Gasteiger partial charge < -0.3 is 4.42 Å². The van der Waals surface area contributed by atoms with Crippen molar-refractivity contribution in [1.82, 2.24) is 0 Å². The normalized spacial score (nSPS) is 12.0. The van der Waals surface area contributed by atoms with Gasteiger partial charge in [-0.1, -0.05) is 43.0 Å². The lowest BCUT2D eigenvalue weighted by Crippen LogP contribution is -2.12. The summed E-state index contributed by atoms with van der Waals surface area (Å²) in [6.45, 7) is 3.92. The molecule has 1 aromatic heterocycles. The smallest absolute Gasteiger partial charge is 0.344 e. The quantitative estimate of drug-likeness (QED) is 0.292. The van der Waals surface area contributed by atoms with Crippen LogP contribution < -0.4 is 11.0 Å². The van der Waals surface area contributed by atoms with E-state index in [0.717, 1.165) is 48.5 Å². The molecule has 1 heterocycles. The Morgan fingerprint density at radius 1 is 0.704 bits per heavy atom. The van der Waals surface area contributed by atoms with E-state index in [1.807, 2.05) is 42.5 Å². The van der Waals surface area contributed by atoms with Crippen molar-refractivity contribution in [1.29, 1.82) is 5.26 Å². The fraction of sp³-hybridized carbons (Fsp3) is 0. The molecule has 0 radical (unpaired) electrons. The van der Waals surface area contributed by atoms with Crippen molar-refractivity contribution in [2.45, 2.75) is 0 Å². The van der Waals surface area contributed by atoms with Crippen LogP contribution in [0.4, 0.5) is 0 Å². The molecule has 5 aromatic carbocycles. The van der Waals surface area contributed by atoms with Crippen LogP contribution in [-0.4, -0.2) is 0 Å². The average Bonchev–Trinajstić information content (AvgIpc) is 2.70. The number of nitriles is 1. The second-order valence-corrected chi connectivity index (χ2v) is 6.88. The first-order valence-electron chi connectivity index (χ1n) is 8.67. The van der Waals surface area contributed by atoms with Gasteiger partial charge in [-0.25, -0.2) is 4.79 Å². The second-order valence-electron chi connectivity index (χ2n) is 6.88. The summed E-state index contributed by atoms with van der Waals surface area (Å²) in [5.74, 6) is 0. The zero-order chi connectivity index (χ0) is 18.3. The third kappa shape index (κ3) is 1.58. The Kier molecular flexibility index (Phi) is 2.45. The van der Waals surface area contributed by atoms with E-state index in [0.29, 0.717) is 16.4 Å². The predicted molar refractivity (Wildman–Crippen MR) is 109 cm³/mol. The van der Waals surface area contributed by atoms with E-state index in [-0.39, 0.29) is 5.63 Å². The minimum atomic E-state index is -0.361. The fourth-order valence-corrected chi connectivity index (χ4v) is 4.52. The molecular weight excluding hydrogens is 334 g/mol. The van der Waals surface area contributed by atoms with Crippen molar-refractivity contribution in [3.63, 3.8) is 0 Å². The molecule has 0 saturated heterocycles. The van der Waals surface area contributed by atoms with Gasteiger partial charge in [0.2, 0.25) is 0 Å². The lowest BCUT2D eigenvalue weighted by atomic mass is 9.87. The Bertz CT molecular complexity index is 1640. The van der Waals surface area contributed by atoms with Gasteiger partial charge in [-0.15, -0.1) is 0 Å². The summed E-state index contributed by atoms with van der Waals surface area (Å²) in [7, 11) is 0. The molecule has 3 nitrogen and oxygen atoms in total. The van der Waals surface area contributed by atoms with Gasteiger partial charge in [0.05, 0.1) is 17.0 Å². The molecule has 0 amide bonds. The van der Waals surface area contributed by atoms with Crippen molar-refractivity contribution in [3.05, 3.63) is 76.0 Å². The van der Waals surface area contributed by atoms with E-state index in [1.165, 1.54) is 0 Å². The third-order valence-corrected chi connectivity index (χ3v) is 5.64. The molecule has 0 N–H and O–H groups in total. The molecule has 6 rings (SSSR count). The summed E-state index contributed by atoms with van der Waals surface area (Å²) in [5.41, 5.74) is 0.696. The fourth-order valence-electron chi connectivity index (χ4n) is 4.52. The number of hydrogen-bond acceptors (Lipinski definition) is 3. The summed E-state index contributed by atoms with van der Waals surface area (Å²) in [4.78, 5) is 12.4. The molecule has 0 spiro atoms. The Labute approximate surface area is 152 Å². The minimum Gasteiger partial charge on any atom is -0.423 e. The summed E-state index contributed by atoms with van der Waals surface area (Å²) in [6, 6.07) is 20.1. The van der Waals surface area contributed by atoms with E-state index in [2.05, 4.69) is 24.8 Å². The molecule has 124 valence electrons. The SMILES string of the molecule is C=c1oc(=O)c2ccc3c4cccc5c(C#N)ccc(c6ccc1c2c63)c54. The highest BCUT2D eigenvalue weighted by Crippen LogP contribution is 2.42.